The first-order valence-corrected chi connectivity index (χ1v) is 9.47. The van der Waals surface area contributed by atoms with E-state index in [4.69, 9.17) is 14.2 Å². The van der Waals surface area contributed by atoms with E-state index < -0.39 is 0 Å². The Morgan fingerprint density at radius 2 is 2.00 bits per heavy atom. The van der Waals surface area contributed by atoms with Gasteiger partial charge in [0.1, 0.15) is 11.5 Å². The Hall–Kier alpha value is -2.69. The lowest BCUT2D eigenvalue weighted by atomic mass is 9.85. The summed E-state index contributed by atoms with van der Waals surface area (Å²) in [6.45, 7) is 2.78. The molecule has 1 atom stereocenters. The quantitative estimate of drug-likeness (QED) is 0.411. The van der Waals surface area contributed by atoms with Gasteiger partial charge in [-0.2, -0.15) is 0 Å². The second-order valence-electron chi connectivity index (χ2n) is 6.74. The number of esters is 1. The molecule has 0 amide bonds. The Kier molecular flexibility index (Phi) is 6.22. The molecule has 0 aromatic heterocycles. The van der Waals surface area contributed by atoms with Crippen LogP contribution in [0, 0.1) is 0 Å². The van der Waals surface area contributed by atoms with Crippen molar-refractivity contribution in [2.75, 3.05) is 13.7 Å². The Balaban J connectivity index is 1.93. The van der Waals surface area contributed by atoms with Crippen LogP contribution < -0.4 is 14.2 Å². The van der Waals surface area contributed by atoms with Gasteiger partial charge in [0.05, 0.1) is 20.1 Å². The van der Waals surface area contributed by atoms with E-state index in [1.165, 1.54) is 18.9 Å². The molecule has 1 aliphatic rings. The van der Waals surface area contributed by atoms with Gasteiger partial charge in [0.2, 0.25) is 0 Å². The van der Waals surface area contributed by atoms with Crippen molar-refractivity contribution >= 4 is 5.97 Å². The van der Waals surface area contributed by atoms with E-state index in [1.807, 2.05) is 18.2 Å². The SMILES string of the molecule is CCCCCCOc1c(OC)cccc1C1CC(=O)Oc2cc(O)ccc21. The van der Waals surface area contributed by atoms with Gasteiger partial charge in [0.15, 0.2) is 11.5 Å². The number of carbonyl (C=O) groups excluding carboxylic acids is 1. The van der Waals surface area contributed by atoms with Crippen molar-refractivity contribution in [3.05, 3.63) is 47.5 Å². The molecule has 5 heteroatoms. The van der Waals surface area contributed by atoms with Crippen LogP contribution in [0.5, 0.6) is 23.0 Å². The largest absolute Gasteiger partial charge is 0.508 e. The maximum atomic E-state index is 12.1. The summed E-state index contributed by atoms with van der Waals surface area (Å²) in [5.74, 6) is 1.27. The highest BCUT2D eigenvalue weighted by Gasteiger charge is 2.31. The zero-order valence-corrected chi connectivity index (χ0v) is 15.9. The molecule has 2 aromatic carbocycles. The van der Waals surface area contributed by atoms with E-state index in [0.717, 1.165) is 24.0 Å². The number of phenols is 1. The Labute approximate surface area is 159 Å². The molecule has 3 rings (SSSR count). The third kappa shape index (κ3) is 4.35. The average Bonchev–Trinajstić information content (AvgIpc) is 2.66. The summed E-state index contributed by atoms with van der Waals surface area (Å²) < 4.78 is 16.9. The van der Waals surface area contributed by atoms with Gasteiger partial charge in [0, 0.05) is 23.1 Å². The summed E-state index contributed by atoms with van der Waals surface area (Å²) >= 11 is 0. The lowest BCUT2D eigenvalue weighted by molar-refractivity contribution is -0.135. The van der Waals surface area contributed by atoms with Gasteiger partial charge >= 0.3 is 5.97 Å². The first-order chi connectivity index (χ1) is 13.1. The molecule has 2 aromatic rings. The van der Waals surface area contributed by atoms with Crippen molar-refractivity contribution in [3.63, 3.8) is 0 Å². The van der Waals surface area contributed by atoms with Crippen LogP contribution >= 0.6 is 0 Å². The van der Waals surface area contributed by atoms with E-state index in [-0.39, 0.29) is 24.1 Å². The van der Waals surface area contributed by atoms with Crippen molar-refractivity contribution < 1.29 is 24.1 Å². The minimum absolute atomic E-state index is 0.0697. The molecule has 0 saturated carbocycles. The number of unbranched alkanes of at least 4 members (excludes halogenated alkanes) is 3. The number of hydrogen-bond acceptors (Lipinski definition) is 5. The van der Waals surface area contributed by atoms with Gasteiger partial charge in [-0.15, -0.1) is 0 Å². The van der Waals surface area contributed by atoms with Crippen LogP contribution in [-0.2, 0) is 4.79 Å². The predicted octanol–water partition coefficient (Wildman–Crippen LogP) is 4.80. The Morgan fingerprint density at radius 3 is 2.78 bits per heavy atom. The average molecular weight is 370 g/mol. The number of benzene rings is 2. The zero-order chi connectivity index (χ0) is 19.2. The van der Waals surface area contributed by atoms with Gasteiger partial charge in [0.25, 0.3) is 0 Å². The summed E-state index contributed by atoms with van der Waals surface area (Å²) in [6, 6.07) is 10.6. The normalized spacial score (nSPS) is 15.8. The lowest BCUT2D eigenvalue weighted by Crippen LogP contribution is -2.21. The fourth-order valence-corrected chi connectivity index (χ4v) is 3.44. The first kappa shape index (κ1) is 19.1. The van der Waals surface area contributed by atoms with Gasteiger partial charge in [-0.3, -0.25) is 4.79 Å². The van der Waals surface area contributed by atoms with Gasteiger partial charge in [-0.25, -0.2) is 0 Å². The predicted molar refractivity (Wildman–Crippen MR) is 103 cm³/mol. The van der Waals surface area contributed by atoms with Gasteiger partial charge in [-0.1, -0.05) is 44.4 Å². The van der Waals surface area contributed by atoms with Crippen LogP contribution in [0.2, 0.25) is 0 Å². The fraction of sp³-hybridized carbons (Fsp3) is 0.409. The third-order valence-corrected chi connectivity index (χ3v) is 4.82. The van der Waals surface area contributed by atoms with Crippen molar-refractivity contribution in [1.82, 2.24) is 0 Å². The summed E-state index contributed by atoms with van der Waals surface area (Å²) in [5, 5.41) is 9.72. The molecular weight excluding hydrogens is 344 g/mol. The maximum absolute atomic E-state index is 12.1. The molecule has 1 heterocycles. The molecule has 144 valence electrons. The second kappa shape index (κ2) is 8.80. The highest BCUT2D eigenvalue weighted by Crippen LogP contribution is 2.45. The van der Waals surface area contributed by atoms with Crippen molar-refractivity contribution in [1.29, 1.82) is 0 Å². The van der Waals surface area contributed by atoms with Crippen LogP contribution in [0.3, 0.4) is 0 Å². The van der Waals surface area contributed by atoms with Crippen molar-refractivity contribution in [2.24, 2.45) is 0 Å². The topological polar surface area (TPSA) is 65.0 Å². The first-order valence-electron chi connectivity index (χ1n) is 9.47. The molecule has 1 N–H and O–H groups in total. The van der Waals surface area contributed by atoms with Gasteiger partial charge < -0.3 is 19.3 Å². The van der Waals surface area contributed by atoms with Gasteiger partial charge in [-0.05, 0) is 18.6 Å². The van der Waals surface area contributed by atoms with Crippen LogP contribution in [0.25, 0.3) is 0 Å². The molecule has 0 radical (unpaired) electrons. The molecule has 1 unspecified atom stereocenters. The number of aromatic hydroxyl groups is 1. The summed E-state index contributed by atoms with van der Waals surface area (Å²) in [4.78, 5) is 12.1. The molecule has 0 spiro atoms. The van der Waals surface area contributed by atoms with E-state index >= 15 is 0 Å². The molecule has 5 nitrogen and oxygen atoms in total. The van der Waals surface area contributed by atoms with Crippen LogP contribution in [0.15, 0.2) is 36.4 Å². The number of hydrogen-bond donors (Lipinski definition) is 1. The molecule has 0 saturated heterocycles. The molecule has 0 fully saturated rings. The number of ether oxygens (including phenoxy) is 3. The second-order valence-corrected chi connectivity index (χ2v) is 6.74. The van der Waals surface area contributed by atoms with E-state index in [0.29, 0.717) is 23.9 Å². The highest BCUT2D eigenvalue weighted by atomic mass is 16.5. The number of methoxy groups -OCH3 is 1. The summed E-state index contributed by atoms with van der Waals surface area (Å²) in [5.41, 5.74) is 1.75. The monoisotopic (exact) mass is 370 g/mol. The Bertz CT molecular complexity index is 799. The zero-order valence-electron chi connectivity index (χ0n) is 15.9. The molecule has 27 heavy (non-hydrogen) atoms. The van der Waals surface area contributed by atoms with E-state index in [2.05, 4.69) is 6.92 Å². The Morgan fingerprint density at radius 1 is 1.15 bits per heavy atom. The molecular formula is C22H26O5. The van der Waals surface area contributed by atoms with Crippen LogP contribution in [0.1, 0.15) is 56.1 Å². The van der Waals surface area contributed by atoms with E-state index in [9.17, 15) is 9.90 Å². The minimum atomic E-state index is -0.324. The summed E-state index contributed by atoms with van der Waals surface area (Å²) in [6.07, 6.45) is 4.68. The number of rotatable bonds is 8. The third-order valence-electron chi connectivity index (χ3n) is 4.82. The lowest BCUT2D eigenvalue weighted by Gasteiger charge is -2.27. The standard InChI is InChI=1S/C22H26O5/c1-3-4-5-6-12-26-22-17(8-7-9-19(22)25-2)18-14-21(24)27-20-13-15(23)10-11-16(18)20/h7-11,13,18,23H,3-6,12,14H2,1-2H3. The smallest absolute Gasteiger partial charge is 0.312 e. The minimum Gasteiger partial charge on any atom is -0.508 e. The summed E-state index contributed by atoms with van der Waals surface area (Å²) in [7, 11) is 1.62. The number of para-hydroxylation sites is 1. The van der Waals surface area contributed by atoms with E-state index in [1.54, 1.807) is 19.2 Å². The highest BCUT2D eigenvalue weighted by molar-refractivity contribution is 5.78. The van der Waals surface area contributed by atoms with Crippen molar-refractivity contribution in [3.8, 4) is 23.0 Å². The maximum Gasteiger partial charge on any atom is 0.312 e. The fourth-order valence-electron chi connectivity index (χ4n) is 3.44. The molecule has 1 aliphatic heterocycles. The number of carbonyl (C=O) groups is 1. The number of phenolic OH excluding ortho intramolecular Hbond substituents is 1. The van der Waals surface area contributed by atoms with Crippen molar-refractivity contribution in [2.45, 2.75) is 44.9 Å². The molecule has 0 bridgehead atoms. The number of fused-ring (bicyclic) bond motifs is 1. The van der Waals surface area contributed by atoms with Crippen LogP contribution in [-0.4, -0.2) is 24.8 Å². The van der Waals surface area contributed by atoms with Crippen LogP contribution in [0.4, 0.5) is 0 Å². The molecule has 0 aliphatic carbocycles.